The topological polar surface area (TPSA) is 38.3 Å². The Morgan fingerprint density at radius 2 is 2.39 bits per heavy atom. The molecule has 0 bridgehead atoms. The highest BCUT2D eigenvalue weighted by molar-refractivity contribution is 9.10. The Bertz CT molecular complexity index is 453. The van der Waals surface area contributed by atoms with E-state index in [1.807, 2.05) is 17.8 Å². The second-order valence-corrected chi connectivity index (χ2v) is 6.43. The van der Waals surface area contributed by atoms with Crippen LogP contribution < -0.4 is 5.32 Å². The molecule has 0 radical (unpaired) electrons. The number of nitrogens with one attached hydrogen (secondary N) is 1. The fourth-order valence-electron chi connectivity index (χ4n) is 2.08. The van der Waals surface area contributed by atoms with Crippen molar-refractivity contribution in [1.29, 1.82) is 0 Å². The van der Waals surface area contributed by atoms with E-state index in [-0.39, 0.29) is 18.6 Å². The number of halogens is 1. The van der Waals surface area contributed by atoms with Crippen LogP contribution >= 0.6 is 27.7 Å². The van der Waals surface area contributed by atoms with Gasteiger partial charge in [-0.2, -0.15) is 0 Å². The summed E-state index contributed by atoms with van der Waals surface area (Å²) in [4.78, 5) is 12.9. The molecule has 2 atom stereocenters. The highest BCUT2D eigenvalue weighted by Gasteiger charge is 2.28. The van der Waals surface area contributed by atoms with E-state index in [2.05, 4.69) is 40.3 Å². The molecule has 1 aromatic carbocycles. The summed E-state index contributed by atoms with van der Waals surface area (Å²) >= 11 is 5.33. The summed E-state index contributed by atoms with van der Waals surface area (Å²) in [6, 6.07) is 6.30. The third kappa shape index (κ3) is 3.08. The molecular weight excluding hydrogens is 314 g/mol. The quantitative estimate of drug-likeness (QED) is 0.926. The van der Waals surface area contributed by atoms with Crippen molar-refractivity contribution in [3.05, 3.63) is 28.2 Å². The van der Waals surface area contributed by atoms with Gasteiger partial charge < -0.3 is 10.1 Å². The van der Waals surface area contributed by atoms with Crippen LogP contribution in [0.2, 0.25) is 0 Å². The van der Waals surface area contributed by atoms with Gasteiger partial charge in [0.15, 0.2) is 0 Å². The maximum absolute atomic E-state index is 11.7. The lowest BCUT2D eigenvalue weighted by Crippen LogP contribution is -2.37. The van der Waals surface area contributed by atoms with E-state index in [4.69, 9.17) is 4.74 Å². The van der Waals surface area contributed by atoms with Gasteiger partial charge in [0.05, 0.1) is 6.04 Å². The van der Waals surface area contributed by atoms with Crippen molar-refractivity contribution in [3.63, 3.8) is 0 Å². The molecule has 1 aliphatic heterocycles. The van der Waals surface area contributed by atoms with Crippen molar-refractivity contribution in [3.8, 4) is 0 Å². The van der Waals surface area contributed by atoms with Crippen LogP contribution in [0.1, 0.15) is 18.5 Å². The fourth-order valence-corrected chi connectivity index (χ4v) is 3.61. The SMILES string of the molecule is COCC(=O)N[C@@H]1c2cc(Br)ccc2SC[C@@H]1C. The third-order valence-electron chi connectivity index (χ3n) is 2.97. The van der Waals surface area contributed by atoms with Gasteiger partial charge in [-0.05, 0) is 29.7 Å². The van der Waals surface area contributed by atoms with Crippen LogP contribution in [0.25, 0.3) is 0 Å². The van der Waals surface area contributed by atoms with Gasteiger partial charge in [0.25, 0.3) is 0 Å². The van der Waals surface area contributed by atoms with Crippen LogP contribution in [0, 0.1) is 5.92 Å². The molecule has 0 saturated heterocycles. The molecule has 2 rings (SSSR count). The van der Waals surface area contributed by atoms with Crippen molar-refractivity contribution in [2.45, 2.75) is 17.9 Å². The minimum atomic E-state index is -0.0628. The minimum absolute atomic E-state index is 0.0628. The average Bonchev–Trinajstić information content (AvgIpc) is 2.33. The van der Waals surface area contributed by atoms with Crippen LogP contribution in [0.4, 0.5) is 0 Å². The molecule has 1 heterocycles. The lowest BCUT2D eigenvalue weighted by molar-refractivity contribution is -0.125. The van der Waals surface area contributed by atoms with E-state index in [9.17, 15) is 4.79 Å². The number of carbonyl (C=O) groups is 1. The predicted molar refractivity (Wildman–Crippen MR) is 76.8 cm³/mol. The largest absolute Gasteiger partial charge is 0.375 e. The van der Waals surface area contributed by atoms with E-state index >= 15 is 0 Å². The molecule has 0 fully saturated rings. The number of hydrogen-bond donors (Lipinski definition) is 1. The van der Waals surface area contributed by atoms with Gasteiger partial charge in [0.2, 0.25) is 5.91 Å². The molecule has 0 unspecified atom stereocenters. The Morgan fingerprint density at radius 3 is 3.11 bits per heavy atom. The van der Waals surface area contributed by atoms with Crippen molar-refractivity contribution in [2.24, 2.45) is 5.92 Å². The van der Waals surface area contributed by atoms with Gasteiger partial charge in [0.1, 0.15) is 6.61 Å². The first-order chi connectivity index (χ1) is 8.61. The van der Waals surface area contributed by atoms with Crippen LogP contribution in [0.5, 0.6) is 0 Å². The molecule has 3 nitrogen and oxygen atoms in total. The van der Waals surface area contributed by atoms with Crippen LogP contribution in [0.15, 0.2) is 27.6 Å². The van der Waals surface area contributed by atoms with E-state index < -0.39 is 0 Å². The first kappa shape index (κ1) is 13.9. The molecule has 1 N–H and O–H groups in total. The Morgan fingerprint density at radius 1 is 1.61 bits per heavy atom. The van der Waals surface area contributed by atoms with Crippen molar-refractivity contribution < 1.29 is 9.53 Å². The monoisotopic (exact) mass is 329 g/mol. The number of carbonyl (C=O) groups excluding carboxylic acids is 1. The van der Waals surface area contributed by atoms with Crippen LogP contribution in [-0.4, -0.2) is 25.4 Å². The molecular formula is C13H16BrNO2S. The summed E-state index contributed by atoms with van der Waals surface area (Å²) in [6.07, 6.45) is 0. The summed E-state index contributed by atoms with van der Waals surface area (Å²) in [5.41, 5.74) is 1.19. The van der Waals surface area contributed by atoms with Gasteiger partial charge in [0, 0.05) is 22.2 Å². The number of hydrogen-bond acceptors (Lipinski definition) is 3. The highest BCUT2D eigenvalue weighted by atomic mass is 79.9. The number of rotatable bonds is 3. The van der Waals surface area contributed by atoms with Crippen molar-refractivity contribution >= 4 is 33.6 Å². The molecule has 0 aliphatic carbocycles. The Labute approximate surface area is 120 Å². The Kier molecular flexibility index (Phi) is 4.70. The average molecular weight is 330 g/mol. The third-order valence-corrected chi connectivity index (χ3v) is 4.84. The van der Waals surface area contributed by atoms with Crippen LogP contribution in [0.3, 0.4) is 0 Å². The number of benzene rings is 1. The van der Waals surface area contributed by atoms with Crippen molar-refractivity contribution in [2.75, 3.05) is 19.5 Å². The zero-order valence-electron chi connectivity index (χ0n) is 10.4. The minimum Gasteiger partial charge on any atom is -0.375 e. The Balaban J connectivity index is 2.24. The maximum atomic E-state index is 11.7. The van der Waals surface area contributed by atoms with Crippen molar-refractivity contribution in [1.82, 2.24) is 5.32 Å². The van der Waals surface area contributed by atoms with E-state index in [0.29, 0.717) is 5.92 Å². The molecule has 98 valence electrons. The smallest absolute Gasteiger partial charge is 0.246 e. The lowest BCUT2D eigenvalue weighted by Gasteiger charge is -2.31. The van der Waals surface area contributed by atoms with E-state index in [1.165, 1.54) is 17.6 Å². The molecule has 5 heteroatoms. The number of ether oxygens (including phenoxy) is 1. The van der Waals surface area contributed by atoms with Crippen LogP contribution in [-0.2, 0) is 9.53 Å². The van der Waals surface area contributed by atoms with Gasteiger partial charge in [-0.1, -0.05) is 22.9 Å². The number of amides is 1. The molecule has 1 amide bonds. The highest BCUT2D eigenvalue weighted by Crippen LogP contribution is 2.40. The predicted octanol–water partition coefficient (Wildman–Crippen LogP) is 2.99. The van der Waals surface area contributed by atoms with E-state index in [0.717, 1.165) is 10.2 Å². The molecule has 18 heavy (non-hydrogen) atoms. The van der Waals surface area contributed by atoms with Gasteiger partial charge in [-0.25, -0.2) is 0 Å². The normalized spacial score (nSPS) is 22.4. The zero-order chi connectivity index (χ0) is 13.1. The maximum Gasteiger partial charge on any atom is 0.246 e. The molecule has 1 aliphatic rings. The number of thioether (sulfide) groups is 1. The summed E-state index contributed by atoms with van der Waals surface area (Å²) < 4.78 is 5.91. The summed E-state index contributed by atoms with van der Waals surface area (Å²) in [5.74, 6) is 1.37. The van der Waals surface area contributed by atoms with Gasteiger partial charge >= 0.3 is 0 Å². The Hall–Kier alpha value is -0.520. The lowest BCUT2D eigenvalue weighted by atomic mass is 9.95. The first-order valence-electron chi connectivity index (χ1n) is 5.82. The van der Waals surface area contributed by atoms with Gasteiger partial charge in [-0.3, -0.25) is 4.79 Å². The summed E-state index contributed by atoms with van der Waals surface area (Å²) in [5, 5.41) is 3.05. The van der Waals surface area contributed by atoms with E-state index in [1.54, 1.807) is 0 Å². The number of methoxy groups -OCH3 is 1. The summed E-state index contributed by atoms with van der Waals surface area (Å²) in [7, 11) is 1.53. The summed E-state index contributed by atoms with van der Waals surface area (Å²) in [6.45, 7) is 2.27. The molecule has 0 saturated carbocycles. The fraction of sp³-hybridized carbons (Fsp3) is 0.462. The second kappa shape index (κ2) is 6.08. The standard InChI is InChI=1S/C13H16BrNO2S/c1-8-7-18-11-4-3-9(14)5-10(11)13(8)15-12(16)6-17-2/h3-5,8,13H,6-7H2,1-2H3,(H,15,16)/t8-,13-/m0/s1. The second-order valence-electron chi connectivity index (χ2n) is 4.45. The molecule has 0 aromatic heterocycles. The zero-order valence-corrected chi connectivity index (χ0v) is 12.8. The molecule has 0 spiro atoms. The first-order valence-corrected chi connectivity index (χ1v) is 7.60. The number of fused-ring (bicyclic) bond motifs is 1. The van der Waals surface area contributed by atoms with Gasteiger partial charge in [-0.15, -0.1) is 11.8 Å². The molecule has 1 aromatic rings.